The van der Waals surface area contributed by atoms with Crippen LogP contribution in [-0.2, 0) is 4.79 Å². The van der Waals surface area contributed by atoms with Crippen molar-refractivity contribution in [3.8, 4) is 11.4 Å². The lowest BCUT2D eigenvalue weighted by Crippen LogP contribution is -2.38. The average Bonchev–Trinajstić information content (AvgIpc) is 3.33. The first kappa shape index (κ1) is 15.5. The normalized spacial score (nSPS) is 13.6. The number of thioether (sulfide) groups is 1. The summed E-state index contributed by atoms with van der Waals surface area (Å²) in [5, 5.41) is 13.7. The van der Waals surface area contributed by atoms with E-state index >= 15 is 0 Å². The van der Waals surface area contributed by atoms with E-state index in [0.29, 0.717) is 11.2 Å². The molecule has 2 aromatic heterocycles. The van der Waals surface area contributed by atoms with Crippen molar-refractivity contribution in [1.29, 1.82) is 0 Å². The van der Waals surface area contributed by atoms with Crippen LogP contribution >= 0.6 is 11.8 Å². The van der Waals surface area contributed by atoms with E-state index in [1.807, 2.05) is 12.1 Å². The molecule has 0 spiro atoms. The molecule has 120 valence electrons. The summed E-state index contributed by atoms with van der Waals surface area (Å²) in [6.07, 6.45) is 5.58. The Morgan fingerprint density at radius 2 is 2.04 bits per heavy atom. The van der Waals surface area contributed by atoms with Gasteiger partial charge in [0.25, 0.3) is 0 Å². The number of aromatic nitrogens is 4. The standard InChI is InChI=1S/C14H16N6O2S/c1-15-13(22)17-11(21)8-23-14-19-18-12(20(14)10-2-3-10)9-4-6-16-7-5-9/h4-7,10H,2-3,8H2,1H3,(H2,15,17,21,22). The molecule has 0 saturated heterocycles. The van der Waals surface area contributed by atoms with Crippen LogP contribution in [-0.4, -0.2) is 44.5 Å². The molecular formula is C14H16N6O2S. The quantitative estimate of drug-likeness (QED) is 0.798. The highest BCUT2D eigenvalue weighted by Gasteiger charge is 2.30. The molecule has 0 unspecified atom stereocenters. The summed E-state index contributed by atoms with van der Waals surface area (Å²) < 4.78 is 2.06. The highest BCUT2D eigenvalue weighted by molar-refractivity contribution is 7.99. The second-order valence-corrected chi connectivity index (χ2v) is 6.00. The first-order valence-electron chi connectivity index (χ1n) is 7.18. The third-order valence-corrected chi connectivity index (χ3v) is 4.27. The molecule has 2 N–H and O–H groups in total. The van der Waals surface area contributed by atoms with Crippen LogP contribution in [0.3, 0.4) is 0 Å². The zero-order valence-corrected chi connectivity index (χ0v) is 13.3. The van der Waals surface area contributed by atoms with Gasteiger partial charge in [0.2, 0.25) is 5.91 Å². The Labute approximate surface area is 137 Å². The fourth-order valence-electron chi connectivity index (χ4n) is 2.09. The summed E-state index contributed by atoms with van der Waals surface area (Å²) in [5.41, 5.74) is 0.945. The zero-order valence-electron chi connectivity index (χ0n) is 12.5. The van der Waals surface area contributed by atoms with Gasteiger partial charge in [0.1, 0.15) is 0 Å². The van der Waals surface area contributed by atoms with Gasteiger partial charge in [-0.3, -0.25) is 19.7 Å². The lowest BCUT2D eigenvalue weighted by molar-refractivity contribution is -0.117. The number of rotatable bonds is 5. The van der Waals surface area contributed by atoms with Crippen molar-refractivity contribution in [2.75, 3.05) is 12.8 Å². The van der Waals surface area contributed by atoms with Gasteiger partial charge in [-0.05, 0) is 25.0 Å². The topological polar surface area (TPSA) is 102 Å². The highest BCUT2D eigenvalue weighted by atomic mass is 32.2. The van der Waals surface area contributed by atoms with Gasteiger partial charge in [-0.1, -0.05) is 11.8 Å². The van der Waals surface area contributed by atoms with Gasteiger partial charge in [0.05, 0.1) is 5.75 Å². The minimum atomic E-state index is -0.517. The number of imide groups is 1. The number of nitrogens with one attached hydrogen (secondary N) is 2. The van der Waals surface area contributed by atoms with E-state index < -0.39 is 6.03 Å². The van der Waals surface area contributed by atoms with Crippen LogP contribution in [0.2, 0.25) is 0 Å². The molecule has 1 aliphatic rings. The number of urea groups is 1. The van der Waals surface area contributed by atoms with E-state index in [4.69, 9.17) is 0 Å². The Kier molecular flexibility index (Phi) is 4.56. The zero-order chi connectivity index (χ0) is 16.2. The summed E-state index contributed by atoms with van der Waals surface area (Å²) in [6, 6.07) is 3.63. The van der Waals surface area contributed by atoms with Gasteiger partial charge in [-0.25, -0.2) is 4.79 Å². The van der Waals surface area contributed by atoms with E-state index in [0.717, 1.165) is 24.2 Å². The minimum absolute atomic E-state index is 0.106. The van der Waals surface area contributed by atoms with E-state index in [1.54, 1.807) is 12.4 Å². The number of carbonyl (C=O) groups excluding carboxylic acids is 2. The molecule has 0 aliphatic heterocycles. The molecular weight excluding hydrogens is 316 g/mol. The first-order valence-corrected chi connectivity index (χ1v) is 8.17. The molecule has 3 amide bonds. The van der Waals surface area contributed by atoms with Crippen LogP contribution in [0.4, 0.5) is 4.79 Å². The molecule has 9 heteroatoms. The monoisotopic (exact) mass is 332 g/mol. The first-order chi connectivity index (χ1) is 11.2. The molecule has 0 atom stereocenters. The molecule has 0 bridgehead atoms. The second kappa shape index (κ2) is 6.78. The maximum atomic E-state index is 11.7. The Hall–Kier alpha value is -2.42. The van der Waals surface area contributed by atoms with Crippen molar-refractivity contribution < 1.29 is 9.59 Å². The van der Waals surface area contributed by atoms with Crippen LogP contribution in [0.1, 0.15) is 18.9 Å². The maximum absolute atomic E-state index is 11.7. The molecule has 2 aromatic rings. The van der Waals surface area contributed by atoms with E-state index in [-0.39, 0.29) is 11.7 Å². The second-order valence-electron chi connectivity index (χ2n) is 5.06. The van der Waals surface area contributed by atoms with Crippen LogP contribution in [0, 0.1) is 0 Å². The summed E-state index contributed by atoms with van der Waals surface area (Å²) in [6.45, 7) is 0. The summed E-state index contributed by atoms with van der Waals surface area (Å²) >= 11 is 1.27. The molecule has 2 heterocycles. The van der Waals surface area contributed by atoms with Crippen LogP contribution in [0.25, 0.3) is 11.4 Å². The molecule has 23 heavy (non-hydrogen) atoms. The van der Waals surface area contributed by atoms with Crippen molar-refractivity contribution in [2.45, 2.75) is 24.0 Å². The van der Waals surface area contributed by atoms with Crippen molar-refractivity contribution >= 4 is 23.7 Å². The number of amides is 3. The summed E-state index contributed by atoms with van der Waals surface area (Å²) in [5.74, 6) is 0.517. The fourth-order valence-corrected chi connectivity index (χ4v) is 2.90. The maximum Gasteiger partial charge on any atom is 0.321 e. The number of nitrogens with zero attached hydrogens (tertiary/aromatic N) is 4. The summed E-state index contributed by atoms with van der Waals surface area (Å²) in [7, 11) is 1.46. The third kappa shape index (κ3) is 3.67. The van der Waals surface area contributed by atoms with Gasteiger partial charge in [-0.2, -0.15) is 0 Å². The van der Waals surface area contributed by atoms with Gasteiger partial charge in [0.15, 0.2) is 11.0 Å². The molecule has 8 nitrogen and oxygen atoms in total. The molecule has 1 saturated carbocycles. The average molecular weight is 332 g/mol. The minimum Gasteiger partial charge on any atom is -0.341 e. The third-order valence-electron chi connectivity index (χ3n) is 3.33. The lowest BCUT2D eigenvalue weighted by Gasteiger charge is -2.08. The lowest BCUT2D eigenvalue weighted by atomic mass is 10.2. The fraction of sp³-hybridized carbons (Fsp3) is 0.357. The highest BCUT2D eigenvalue weighted by Crippen LogP contribution is 2.40. The number of hydrogen-bond acceptors (Lipinski definition) is 6. The Morgan fingerprint density at radius 1 is 1.30 bits per heavy atom. The number of hydrogen-bond donors (Lipinski definition) is 2. The van der Waals surface area contributed by atoms with Crippen LogP contribution in [0.15, 0.2) is 29.7 Å². The van der Waals surface area contributed by atoms with Crippen molar-refractivity contribution in [3.05, 3.63) is 24.5 Å². The molecule has 1 aliphatic carbocycles. The predicted octanol–water partition coefficient (Wildman–Crippen LogP) is 1.22. The van der Waals surface area contributed by atoms with Crippen molar-refractivity contribution in [2.24, 2.45) is 0 Å². The SMILES string of the molecule is CNC(=O)NC(=O)CSc1nnc(-c2ccncc2)n1C1CC1. The van der Waals surface area contributed by atoms with Gasteiger partial charge >= 0.3 is 6.03 Å². The molecule has 0 aromatic carbocycles. The number of pyridine rings is 1. The van der Waals surface area contributed by atoms with Gasteiger partial charge in [0, 0.05) is 31.0 Å². The molecule has 1 fully saturated rings. The van der Waals surface area contributed by atoms with Gasteiger partial charge < -0.3 is 5.32 Å². The number of carbonyl (C=O) groups is 2. The van der Waals surface area contributed by atoms with Crippen molar-refractivity contribution in [1.82, 2.24) is 30.4 Å². The molecule has 0 radical (unpaired) electrons. The Balaban J connectivity index is 1.74. The van der Waals surface area contributed by atoms with Crippen LogP contribution < -0.4 is 10.6 Å². The van der Waals surface area contributed by atoms with E-state index in [2.05, 4.69) is 30.4 Å². The van der Waals surface area contributed by atoms with Crippen molar-refractivity contribution in [3.63, 3.8) is 0 Å². The Morgan fingerprint density at radius 3 is 2.70 bits per heavy atom. The van der Waals surface area contributed by atoms with Crippen LogP contribution in [0.5, 0.6) is 0 Å². The predicted molar refractivity (Wildman–Crippen MR) is 84.8 cm³/mol. The van der Waals surface area contributed by atoms with E-state index in [1.165, 1.54) is 18.8 Å². The van der Waals surface area contributed by atoms with Gasteiger partial charge in [-0.15, -0.1) is 10.2 Å². The molecule has 3 rings (SSSR count). The van der Waals surface area contributed by atoms with E-state index in [9.17, 15) is 9.59 Å². The summed E-state index contributed by atoms with van der Waals surface area (Å²) in [4.78, 5) is 26.8. The largest absolute Gasteiger partial charge is 0.341 e. The smallest absolute Gasteiger partial charge is 0.321 e. The Bertz CT molecular complexity index is 713.